The quantitative estimate of drug-likeness (QED) is 0.0145. The first kappa shape index (κ1) is 129. The van der Waals surface area contributed by atoms with Crippen LogP contribution in [0.1, 0.15) is 239 Å². The third-order valence-corrected chi connectivity index (χ3v) is 24.6. The van der Waals surface area contributed by atoms with Gasteiger partial charge < -0.3 is 124 Å². The predicted molar refractivity (Wildman–Crippen MR) is 449 cm³/mol. The van der Waals surface area contributed by atoms with Crippen molar-refractivity contribution in [1.29, 1.82) is 0 Å². The summed E-state index contributed by atoms with van der Waals surface area (Å²) in [6.07, 6.45) is 2.50. The van der Waals surface area contributed by atoms with E-state index in [0.717, 1.165) is 0 Å². The van der Waals surface area contributed by atoms with Crippen LogP contribution in [0.2, 0.25) is 0 Å². The predicted octanol–water partition coefficient (Wildman–Crippen LogP) is -5.58. The van der Waals surface area contributed by atoms with Gasteiger partial charge in [-0.15, -0.1) is 0 Å². The second kappa shape index (κ2) is 61.4. The van der Waals surface area contributed by atoms with Crippen molar-refractivity contribution in [3.8, 4) is 0 Å². The average molecular weight is 1950 g/mol. The number of carbonyl (C=O) groups is 24. The number of aliphatic carboxylic acids is 6. The zero-order valence-corrected chi connectivity index (χ0v) is 85.3. The Labute approximate surface area is 827 Å². The summed E-state index contributed by atoms with van der Waals surface area (Å²) < 4.78 is 44.7. The Kier molecular flexibility index (Phi) is 58.8. The molecule has 0 spiro atoms. The topological polar surface area (TPSA) is 711 Å². The zero-order chi connectivity index (χ0) is 100. The van der Waals surface area contributed by atoms with Crippen molar-refractivity contribution in [1.82, 2.24) is 31.9 Å². The number of amides is 4. The number of carbonyl (C=O) groups excluding carboxylic acids is 22. The standard InChI is InChI=1S/3C22H33NO10.C22H31NO9.2H3N.2Na/c3*1-5-14(23-9-7-8-15(23)25)17(19(27)28)18(20(29)30)22(4,6-2)21(31)33-11-10-32-16(26)12-13(3)24;1-5-14(23-9-7-8-15(23)25)17-18(20(28)32-19(17)27)22(4,6-2)21(29)31-11-10-30-16(26)12-13(3)24;;;;/h3*14,17-18H,5-12H2,1-4H3,(H,27,28)(H,29,30);14,17-18H,5-12H2,1-4H3;2*1H3;;/q;;;;;;2*+1/p-2. The maximum Gasteiger partial charge on any atom is 1.00 e. The molecule has 5 rings (SSSR count). The van der Waals surface area contributed by atoms with E-state index in [4.69, 9.17) is 42.6 Å². The van der Waals surface area contributed by atoms with E-state index in [1.54, 1.807) is 39.5 Å². The Bertz CT molecular complexity index is 3880. The fourth-order valence-corrected chi connectivity index (χ4v) is 17.1. The van der Waals surface area contributed by atoms with Crippen LogP contribution in [0, 0.1) is 69.0 Å². The van der Waals surface area contributed by atoms with Crippen LogP contribution >= 0.6 is 0 Å². The largest absolute Gasteiger partial charge is 1.00 e. The second-order valence-corrected chi connectivity index (χ2v) is 33.4. The SMILES string of the molecule is CCC(C(C(=O)O)C(C(=O)O)C(C)(CC)C(=O)OCCOC(=O)CC(C)=O)N1CCCC1=O.CCC(C(C(=O)[O-])C(C(=O)[O-])C(C)(CC)C(=O)OCCOC(=O)CC(C)=O)N1CCCC1=O.CCC(C(C(=O)[O-])C(C(=O)[O-])C(C)(CC)C(=O)OCCOC(=O)CC(C)=O)N1CCCC1=O.CCC(C1C(=O)OC(=O)C1C(C)(CC)C(=O)OCCOC(=O)CC(C)=O)N1CCCC1=O.[NH4+].[NH4+].[Na+].[Na+]. The molecule has 4 amide bonds. The van der Waals surface area contributed by atoms with Crippen molar-refractivity contribution < 1.29 is 247 Å². The normalized spacial score (nSPS) is 18.8. The number of esters is 10. The van der Waals surface area contributed by atoms with Gasteiger partial charge in [-0.3, -0.25) is 95.9 Å². The van der Waals surface area contributed by atoms with E-state index in [1.807, 2.05) is 6.92 Å². The summed E-state index contributed by atoms with van der Waals surface area (Å²) >= 11 is 0. The summed E-state index contributed by atoms with van der Waals surface area (Å²) in [6.45, 7) is 21.8. The van der Waals surface area contributed by atoms with Gasteiger partial charge in [0.15, 0.2) is 0 Å². The molecule has 5 fully saturated rings. The number of nitrogens with zero attached hydrogens (tertiary/aromatic N) is 4. The Morgan fingerprint density at radius 3 is 0.830 bits per heavy atom. The molecule has 5 heterocycles. The van der Waals surface area contributed by atoms with Gasteiger partial charge in [0.2, 0.25) is 23.6 Å². The minimum absolute atomic E-state index is 0. The number of likely N-dealkylation sites (tertiary alicyclic amines) is 4. The molecular formula is C88H134N6Na2O39. The molecule has 752 valence electrons. The van der Waals surface area contributed by atoms with Gasteiger partial charge in [-0.05, 0) is 132 Å². The maximum absolute atomic E-state index is 13.0. The first-order valence-corrected chi connectivity index (χ1v) is 43.8. The van der Waals surface area contributed by atoms with Gasteiger partial charge in [-0.1, -0.05) is 55.4 Å². The Hall–Kier alpha value is -9.80. The first-order chi connectivity index (χ1) is 61.3. The van der Waals surface area contributed by atoms with Gasteiger partial charge in [0.05, 0.1) is 45.3 Å². The van der Waals surface area contributed by atoms with Gasteiger partial charge in [-0.25, -0.2) is 0 Å². The molecule has 0 aromatic heterocycles. The Balaban J connectivity index is -0.00000170. The monoisotopic (exact) mass is 1940 g/mol. The molecule has 0 saturated carbocycles. The van der Waals surface area contributed by atoms with Gasteiger partial charge in [-0.2, -0.15) is 0 Å². The van der Waals surface area contributed by atoms with Crippen LogP contribution in [0.3, 0.4) is 0 Å². The molecular weight excluding hydrogens is 1810 g/mol. The van der Waals surface area contributed by atoms with Crippen molar-refractivity contribution >= 4 is 142 Å². The number of hydrogen-bond acceptors (Lipinski definition) is 37. The number of hydrogen-bond donors (Lipinski definition) is 4. The van der Waals surface area contributed by atoms with Crippen LogP contribution < -0.4 is 91.8 Å². The van der Waals surface area contributed by atoms with E-state index in [9.17, 15) is 146 Å². The minimum Gasteiger partial charge on any atom is -0.550 e. The van der Waals surface area contributed by atoms with E-state index < -0.39 is 233 Å². The van der Waals surface area contributed by atoms with E-state index in [1.165, 1.54) is 83.9 Å². The summed E-state index contributed by atoms with van der Waals surface area (Å²) in [6, 6.07) is -3.46. The molecule has 16 unspecified atom stereocenters. The van der Waals surface area contributed by atoms with Crippen molar-refractivity contribution in [2.24, 2.45) is 69.0 Å². The zero-order valence-electron chi connectivity index (χ0n) is 81.3. The minimum atomic E-state index is -1.85. The van der Waals surface area contributed by atoms with Crippen molar-refractivity contribution in [3.63, 3.8) is 0 Å². The summed E-state index contributed by atoms with van der Waals surface area (Å²) in [5, 5.41) is 68.6. The number of rotatable bonds is 53. The third-order valence-electron chi connectivity index (χ3n) is 24.6. The van der Waals surface area contributed by atoms with Gasteiger partial charge in [0.25, 0.3) is 0 Å². The smallest absolute Gasteiger partial charge is 0.550 e. The van der Waals surface area contributed by atoms with Crippen LogP contribution in [-0.4, -0.2) is 275 Å². The fraction of sp³-hybridized carbons (Fsp3) is 0.727. The number of quaternary nitrogens is 2. The van der Waals surface area contributed by atoms with Crippen molar-refractivity contribution in [2.75, 3.05) is 79.0 Å². The number of carboxylic acids is 6. The Morgan fingerprint density at radius 2 is 0.615 bits per heavy atom. The molecule has 47 heteroatoms. The number of cyclic esters (lactones) is 2. The maximum atomic E-state index is 13.0. The van der Waals surface area contributed by atoms with Crippen LogP contribution in [0.4, 0.5) is 0 Å². The molecule has 0 aromatic carbocycles. The second-order valence-electron chi connectivity index (χ2n) is 33.4. The molecule has 0 aliphatic carbocycles. The first-order valence-electron chi connectivity index (χ1n) is 43.8. The summed E-state index contributed by atoms with van der Waals surface area (Å²) in [4.78, 5) is 294. The summed E-state index contributed by atoms with van der Waals surface area (Å²) in [5.41, 5.74) is -6.77. The van der Waals surface area contributed by atoms with Crippen LogP contribution in [-0.2, 0) is 158 Å². The Morgan fingerprint density at radius 1 is 0.356 bits per heavy atom. The van der Waals surface area contributed by atoms with E-state index >= 15 is 0 Å². The summed E-state index contributed by atoms with van der Waals surface area (Å²) in [5.74, 6) is -33.1. The third kappa shape index (κ3) is 36.2. The fourth-order valence-electron chi connectivity index (χ4n) is 17.1. The van der Waals surface area contributed by atoms with Crippen LogP contribution in [0.25, 0.3) is 0 Å². The van der Waals surface area contributed by atoms with Gasteiger partial charge in [0, 0.05) is 124 Å². The van der Waals surface area contributed by atoms with E-state index in [2.05, 4.69) is 0 Å². The molecule has 0 aromatic rings. The van der Waals surface area contributed by atoms with Crippen molar-refractivity contribution in [3.05, 3.63) is 0 Å². The number of carboxylic acid groups (broad SMARTS) is 6. The van der Waals surface area contributed by atoms with E-state index in [0.29, 0.717) is 51.6 Å². The molecule has 5 saturated heterocycles. The van der Waals surface area contributed by atoms with Gasteiger partial charge >= 0.3 is 131 Å². The molecule has 45 nitrogen and oxygen atoms in total. The molecule has 10 N–H and O–H groups in total. The number of ether oxygens (including phenoxy) is 9. The summed E-state index contributed by atoms with van der Waals surface area (Å²) in [7, 11) is 0. The van der Waals surface area contributed by atoms with Crippen LogP contribution in [0.5, 0.6) is 0 Å². The van der Waals surface area contributed by atoms with Crippen molar-refractivity contribution in [2.45, 2.75) is 263 Å². The van der Waals surface area contributed by atoms with Gasteiger partial charge in [0.1, 0.15) is 102 Å². The molecule has 5 aliphatic heterocycles. The van der Waals surface area contributed by atoms with Crippen LogP contribution in [0.15, 0.2) is 0 Å². The molecule has 5 aliphatic rings. The molecule has 0 radical (unpaired) electrons. The molecule has 16 atom stereocenters. The number of ketones is 4. The van der Waals surface area contributed by atoms with E-state index in [-0.39, 0.29) is 230 Å². The molecule has 135 heavy (non-hydrogen) atoms. The molecule has 0 bridgehead atoms. The average Bonchev–Trinajstić information content (AvgIpc) is 1.16. The number of Topliss-reactive ketones (excluding diaryl/α,β-unsaturated/α-hetero) is 4.